The van der Waals surface area contributed by atoms with Gasteiger partial charge >= 0.3 is 6.18 Å². The van der Waals surface area contributed by atoms with Gasteiger partial charge in [0.1, 0.15) is 5.69 Å². The lowest BCUT2D eigenvalue weighted by molar-refractivity contribution is -0.141. The van der Waals surface area contributed by atoms with Gasteiger partial charge in [-0.1, -0.05) is 0 Å². The zero-order valence-corrected chi connectivity index (χ0v) is 11.9. The highest BCUT2D eigenvalue weighted by atomic mass is 19.4. The van der Waals surface area contributed by atoms with Crippen molar-refractivity contribution in [2.45, 2.75) is 32.0 Å². The molecule has 0 N–H and O–H groups in total. The van der Waals surface area contributed by atoms with Gasteiger partial charge in [-0.2, -0.15) is 13.2 Å². The summed E-state index contributed by atoms with van der Waals surface area (Å²) >= 11 is 0. The molecule has 1 fully saturated rings. The fourth-order valence-corrected chi connectivity index (χ4v) is 2.57. The summed E-state index contributed by atoms with van der Waals surface area (Å²) in [6, 6.07) is 2.03. The summed E-state index contributed by atoms with van der Waals surface area (Å²) in [5, 5.41) is 0. The molecule has 1 aromatic rings. The molecule has 0 aromatic carbocycles. The van der Waals surface area contributed by atoms with Gasteiger partial charge in [0.2, 0.25) is 0 Å². The molecule has 2 heterocycles. The molecule has 1 amide bonds. The molecule has 1 saturated heterocycles. The van der Waals surface area contributed by atoms with Crippen LogP contribution in [0.15, 0.2) is 12.1 Å². The van der Waals surface area contributed by atoms with Crippen molar-refractivity contribution in [2.75, 3.05) is 20.3 Å². The average Bonchev–Trinajstić information content (AvgIpc) is 2.85. The molecule has 21 heavy (non-hydrogen) atoms. The molecule has 1 atom stereocenters. The lowest BCUT2D eigenvalue weighted by Gasteiger charge is -2.24. The third kappa shape index (κ3) is 3.34. The molecule has 1 aromatic heterocycles. The first kappa shape index (κ1) is 15.8. The van der Waals surface area contributed by atoms with Crippen molar-refractivity contribution in [3.05, 3.63) is 29.1 Å². The molecule has 0 bridgehead atoms. The van der Waals surface area contributed by atoms with Crippen LogP contribution in [0.4, 0.5) is 13.2 Å². The normalized spacial score (nSPS) is 19.1. The quantitative estimate of drug-likeness (QED) is 0.862. The average molecular weight is 302 g/mol. The van der Waals surface area contributed by atoms with E-state index in [4.69, 9.17) is 4.74 Å². The Morgan fingerprint density at radius 3 is 2.76 bits per heavy atom. The maximum Gasteiger partial charge on any atom is 0.433 e. The largest absolute Gasteiger partial charge is 0.433 e. The highest BCUT2D eigenvalue weighted by Gasteiger charge is 2.34. The molecule has 0 spiro atoms. The first-order chi connectivity index (χ1) is 9.84. The zero-order valence-electron chi connectivity index (χ0n) is 11.9. The van der Waals surface area contributed by atoms with Crippen molar-refractivity contribution in [3.63, 3.8) is 0 Å². The van der Waals surface area contributed by atoms with Gasteiger partial charge in [0.05, 0.1) is 23.9 Å². The Balaban J connectivity index is 2.23. The highest BCUT2D eigenvalue weighted by Crippen LogP contribution is 2.29. The minimum Gasteiger partial charge on any atom is -0.383 e. The van der Waals surface area contributed by atoms with Gasteiger partial charge in [-0.25, -0.2) is 4.98 Å². The minimum absolute atomic E-state index is 0.0239. The van der Waals surface area contributed by atoms with Gasteiger partial charge in [-0.05, 0) is 31.9 Å². The monoisotopic (exact) mass is 302 g/mol. The number of alkyl halides is 3. The number of carbonyl (C=O) groups is 1. The third-order valence-corrected chi connectivity index (χ3v) is 3.60. The van der Waals surface area contributed by atoms with E-state index in [-0.39, 0.29) is 23.2 Å². The van der Waals surface area contributed by atoms with Crippen LogP contribution < -0.4 is 0 Å². The number of hydrogen-bond acceptors (Lipinski definition) is 3. The summed E-state index contributed by atoms with van der Waals surface area (Å²) in [7, 11) is 1.56. The van der Waals surface area contributed by atoms with Gasteiger partial charge in [0.15, 0.2) is 0 Å². The summed E-state index contributed by atoms with van der Waals surface area (Å²) in [5.41, 5.74) is -0.671. The smallest absolute Gasteiger partial charge is 0.383 e. The van der Waals surface area contributed by atoms with E-state index in [1.54, 1.807) is 12.0 Å². The maximum absolute atomic E-state index is 12.6. The third-order valence-electron chi connectivity index (χ3n) is 3.60. The maximum atomic E-state index is 12.6. The molecule has 1 aliphatic heterocycles. The first-order valence-corrected chi connectivity index (χ1v) is 6.69. The molecule has 0 unspecified atom stereocenters. The first-order valence-electron chi connectivity index (χ1n) is 6.69. The SMILES string of the molecule is COC[C@@H]1CCCN1C(=O)c1ccc(C(F)(F)F)nc1C. The summed E-state index contributed by atoms with van der Waals surface area (Å²) < 4.78 is 42.8. The molecule has 1 aliphatic rings. The second-order valence-corrected chi connectivity index (χ2v) is 5.08. The van der Waals surface area contributed by atoms with Crippen LogP contribution >= 0.6 is 0 Å². The van der Waals surface area contributed by atoms with Crippen LogP contribution in [0.1, 0.15) is 34.6 Å². The Morgan fingerprint density at radius 1 is 1.48 bits per heavy atom. The molecule has 116 valence electrons. The molecular weight excluding hydrogens is 285 g/mol. The van der Waals surface area contributed by atoms with E-state index >= 15 is 0 Å². The highest BCUT2D eigenvalue weighted by molar-refractivity contribution is 5.95. The number of hydrogen-bond donors (Lipinski definition) is 0. The van der Waals surface area contributed by atoms with Crippen LogP contribution in [0.2, 0.25) is 0 Å². The van der Waals surface area contributed by atoms with Crippen LogP contribution in [0.25, 0.3) is 0 Å². The van der Waals surface area contributed by atoms with E-state index in [0.29, 0.717) is 13.2 Å². The molecule has 4 nitrogen and oxygen atoms in total. The van der Waals surface area contributed by atoms with Crippen LogP contribution in [0, 0.1) is 6.92 Å². The van der Waals surface area contributed by atoms with E-state index in [0.717, 1.165) is 18.9 Å². The second-order valence-electron chi connectivity index (χ2n) is 5.08. The molecule has 0 radical (unpaired) electrons. The lowest BCUT2D eigenvalue weighted by atomic mass is 10.1. The van der Waals surface area contributed by atoms with Crippen molar-refractivity contribution in [1.82, 2.24) is 9.88 Å². The Bertz CT molecular complexity index is 531. The Morgan fingerprint density at radius 2 is 2.19 bits per heavy atom. The van der Waals surface area contributed by atoms with Crippen molar-refractivity contribution in [1.29, 1.82) is 0 Å². The number of amides is 1. The number of rotatable bonds is 3. The van der Waals surface area contributed by atoms with Crippen molar-refractivity contribution in [2.24, 2.45) is 0 Å². The van der Waals surface area contributed by atoms with Crippen molar-refractivity contribution in [3.8, 4) is 0 Å². The predicted molar refractivity (Wildman–Crippen MR) is 69.9 cm³/mol. The number of likely N-dealkylation sites (tertiary alicyclic amines) is 1. The number of pyridine rings is 1. The molecule has 2 rings (SSSR count). The number of halogens is 3. The van der Waals surface area contributed by atoms with Gasteiger partial charge < -0.3 is 9.64 Å². The van der Waals surface area contributed by atoms with Crippen LogP contribution in [-0.4, -0.2) is 42.1 Å². The van der Waals surface area contributed by atoms with E-state index < -0.39 is 11.9 Å². The molecular formula is C14H17F3N2O2. The Labute approximate surface area is 120 Å². The van der Waals surface area contributed by atoms with E-state index in [9.17, 15) is 18.0 Å². The molecule has 0 saturated carbocycles. The van der Waals surface area contributed by atoms with Crippen LogP contribution in [0.5, 0.6) is 0 Å². The fourth-order valence-electron chi connectivity index (χ4n) is 2.57. The second kappa shape index (κ2) is 6.01. The zero-order chi connectivity index (χ0) is 15.6. The lowest BCUT2D eigenvalue weighted by Crippen LogP contribution is -2.38. The topological polar surface area (TPSA) is 42.4 Å². The Hall–Kier alpha value is -1.63. The summed E-state index contributed by atoms with van der Waals surface area (Å²) in [6.45, 7) is 2.44. The van der Waals surface area contributed by atoms with Gasteiger partial charge in [-0.3, -0.25) is 4.79 Å². The van der Waals surface area contributed by atoms with E-state index in [1.165, 1.54) is 13.0 Å². The number of aryl methyl sites for hydroxylation is 1. The minimum atomic E-state index is -4.50. The van der Waals surface area contributed by atoms with Crippen molar-refractivity contribution >= 4 is 5.91 Å². The number of nitrogens with zero attached hydrogens (tertiary/aromatic N) is 2. The van der Waals surface area contributed by atoms with Crippen LogP contribution in [0.3, 0.4) is 0 Å². The predicted octanol–water partition coefficient (Wildman–Crippen LogP) is 2.66. The summed E-state index contributed by atoms with van der Waals surface area (Å²) in [4.78, 5) is 17.6. The number of carbonyl (C=O) groups excluding carboxylic acids is 1. The van der Waals surface area contributed by atoms with E-state index in [1.807, 2.05) is 0 Å². The number of ether oxygens (including phenoxy) is 1. The standard InChI is InChI=1S/C14H17F3N2O2/c1-9-11(5-6-12(18-9)14(15,16)17)13(20)19-7-3-4-10(19)8-21-2/h5-6,10H,3-4,7-8H2,1-2H3/t10-/m0/s1. The number of aromatic nitrogens is 1. The molecule has 7 heteroatoms. The van der Waals surface area contributed by atoms with Gasteiger partial charge in [0, 0.05) is 13.7 Å². The molecule has 0 aliphatic carbocycles. The summed E-state index contributed by atoms with van der Waals surface area (Å²) in [6.07, 6.45) is -2.79. The number of methoxy groups -OCH3 is 1. The summed E-state index contributed by atoms with van der Waals surface area (Å²) in [5.74, 6) is -0.284. The van der Waals surface area contributed by atoms with Gasteiger partial charge in [0.25, 0.3) is 5.91 Å². The van der Waals surface area contributed by atoms with Gasteiger partial charge in [-0.15, -0.1) is 0 Å². The fraction of sp³-hybridized carbons (Fsp3) is 0.571. The van der Waals surface area contributed by atoms with E-state index in [2.05, 4.69) is 4.98 Å². The van der Waals surface area contributed by atoms with Crippen LogP contribution in [-0.2, 0) is 10.9 Å². The Kier molecular flexibility index (Phi) is 4.51. The van der Waals surface area contributed by atoms with Crippen molar-refractivity contribution < 1.29 is 22.7 Å².